The van der Waals surface area contributed by atoms with Crippen molar-refractivity contribution in [1.29, 1.82) is 0 Å². The Kier molecular flexibility index (Phi) is 4.58. The van der Waals surface area contributed by atoms with E-state index in [0.29, 0.717) is 0 Å². The largest absolute Gasteiger partial charge is 0.507 e. The molecule has 120 valence electrons. The van der Waals surface area contributed by atoms with Gasteiger partial charge in [-0.3, -0.25) is 4.79 Å². The number of aromatic hydroxyl groups is 1. The van der Waals surface area contributed by atoms with Crippen LogP contribution >= 0.6 is 0 Å². The summed E-state index contributed by atoms with van der Waals surface area (Å²) in [4.78, 5) is 11.6. The Morgan fingerprint density at radius 2 is 1.48 bits per heavy atom. The van der Waals surface area contributed by atoms with Gasteiger partial charge < -0.3 is 5.11 Å². The number of amides is 1. The van der Waals surface area contributed by atoms with E-state index in [1.807, 2.05) is 0 Å². The van der Waals surface area contributed by atoms with Gasteiger partial charge in [0, 0.05) is 0 Å². The van der Waals surface area contributed by atoms with E-state index in [9.17, 15) is 31.9 Å². The molecular weight excluding hydrogens is 323 g/mol. The van der Waals surface area contributed by atoms with Crippen LogP contribution in [-0.2, 0) is 0 Å². The highest BCUT2D eigenvalue weighted by Crippen LogP contribution is 2.21. The van der Waals surface area contributed by atoms with Gasteiger partial charge in [-0.25, -0.2) is 27.4 Å². The highest BCUT2D eigenvalue weighted by Gasteiger charge is 2.24. The summed E-state index contributed by atoms with van der Waals surface area (Å²) in [5.41, 5.74) is 0.296. The first-order chi connectivity index (χ1) is 10.8. The number of phenols is 1. The molecule has 0 atom stereocenters. The molecule has 0 unspecified atom stereocenters. The summed E-state index contributed by atoms with van der Waals surface area (Å²) >= 11 is 0. The van der Waals surface area contributed by atoms with Gasteiger partial charge in [0.1, 0.15) is 5.75 Å². The number of carbonyl (C=O) groups excluding carboxylic acids is 1. The zero-order chi connectivity index (χ0) is 17.1. The minimum atomic E-state index is -2.30. The van der Waals surface area contributed by atoms with Crippen LogP contribution in [0.4, 0.5) is 22.0 Å². The Morgan fingerprint density at radius 3 is 2.04 bits per heavy atom. The number of phenolic OH excluding ortho intramolecular Hbond substituents is 1. The van der Waals surface area contributed by atoms with E-state index in [4.69, 9.17) is 0 Å². The third kappa shape index (κ3) is 3.12. The number of carbonyl (C=O) groups is 1. The maximum absolute atomic E-state index is 13.3. The average molecular weight is 330 g/mol. The van der Waals surface area contributed by atoms with Gasteiger partial charge in [-0.1, -0.05) is 12.1 Å². The van der Waals surface area contributed by atoms with Gasteiger partial charge in [0.2, 0.25) is 5.82 Å². The third-order valence-corrected chi connectivity index (χ3v) is 2.75. The molecule has 0 heterocycles. The molecular formula is C14H7F5N2O2. The maximum Gasteiger partial charge on any atom is 0.275 e. The molecule has 2 aromatic rings. The molecule has 2 aromatic carbocycles. The number of halogens is 5. The van der Waals surface area contributed by atoms with E-state index in [2.05, 4.69) is 5.10 Å². The highest BCUT2D eigenvalue weighted by atomic mass is 19.2. The molecule has 0 radical (unpaired) electrons. The molecule has 0 spiro atoms. The van der Waals surface area contributed by atoms with Crippen LogP contribution in [0, 0.1) is 29.1 Å². The standard InChI is InChI=1S/C14H7F5N2O2/c15-9-7(10(16)12(18)13(19)11(9)17)5-20-21-14(23)6-3-1-2-4-8(6)22/h1-5,22H,(H,21,23)/b20-5-. The van der Waals surface area contributed by atoms with Crippen molar-refractivity contribution in [2.75, 3.05) is 0 Å². The van der Waals surface area contributed by atoms with Gasteiger partial charge in [0.05, 0.1) is 17.3 Å². The molecule has 1 amide bonds. The topological polar surface area (TPSA) is 61.7 Å². The van der Waals surface area contributed by atoms with Crippen LogP contribution in [-0.4, -0.2) is 17.2 Å². The summed E-state index contributed by atoms with van der Waals surface area (Å²) < 4.78 is 65.5. The number of hydrazone groups is 1. The minimum Gasteiger partial charge on any atom is -0.507 e. The summed E-state index contributed by atoms with van der Waals surface area (Å²) in [5, 5.41) is 12.5. The van der Waals surface area contributed by atoms with Crippen LogP contribution in [0.5, 0.6) is 5.75 Å². The molecule has 0 saturated heterocycles. The molecule has 23 heavy (non-hydrogen) atoms. The molecule has 9 heteroatoms. The second kappa shape index (κ2) is 6.42. The first-order valence-electron chi connectivity index (χ1n) is 5.97. The van der Waals surface area contributed by atoms with Crippen molar-refractivity contribution in [3.05, 3.63) is 64.5 Å². The Labute approximate surface area is 125 Å². The van der Waals surface area contributed by atoms with E-state index in [-0.39, 0.29) is 17.5 Å². The van der Waals surface area contributed by atoms with Gasteiger partial charge in [-0.05, 0) is 12.1 Å². The molecule has 0 aliphatic carbocycles. The highest BCUT2D eigenvalue weighted by molar-refractivity contribution is 5.97. The fourth-order valence-electron chi connectivity index (χ4n) is 1.62. The van der Waals surface area contributed by atoms with E-state index in [1.54, 1.807) is 5.43 Å². The predicted octanol–water partition coefficient (Wildman–Crippen LogP) is 2.85. The van der Waals surface area contributed by atoms with Crippen LogP contribution in [0.15, 0.2) is 29.4 Å². The van der Waals surface area contributed by atoms with Crippen molar-refractivity contribution in [2.24, 2.45) is 5.10 Å². The summed E-state index contributed by atoms with van der Waals surface area (Å²) in [6, 6.07) is 5.33. The van der Waals surface area contributed by atoms with E-state index < -0.39 is 40.6 Å². The van der Waals surface area contributed by atoms with Crippen molar-refractivity contribution < 1.29 is 31.9 Å². The van der Waals surface area contributed by atoms with Crippen molar-refractivity contribution in [1.82, 2.24) is 5.43 Å². The quantitative estimate of drug-likeness (QED) is 0.299. The predicted molar refractivity (Wildman–Crippen MR) is 69.4 cm³/mol. The lowest BCUT2D eigenvalue weighted by Crippen LogP contribution is -2.18. The minimum absolute atomic E-state index is 0.193. The molecule has 0 fully saturated rings. The fraction of sp³-hybridized carbons (Fsp3) is 0. The number of nitrogens with zero attached hydrogens (tertiary/aromatic N) is 1. The summed E-state index contributed by atoms with van der Waals surface area (Å²) in [6.45, 7) is 0. The Bertz CT molecular complexity index is 779. The first-order valence-corrected chi connectivity index (χ1v) is 5.97. The zero-order valence-electron chi connectivity index (χ0n) is 11.1. The average Bonchev–Trinajstić information content (AvgIpc) is 2.54. The van der Waals surface area contributed by atoms with Crippen LogP contribution in [0.2, 0.25) is 0 Å². The smallest absolute Gasteiger partial charge is 0.275 e. The number of nitrogens with one attached hydrogen (secondary N) is 1. The monoisotopic (exact) mass is 330 g/mol. The van der Waals surface area contributed by atoms with Gasteiger partial charge in [0.15, 0.2) is 23.3 Å². The van der Waals surface area contributed by atoms with Gasteiger partial charge in [0.25, 0.3) is 5.91 Å². The van der Waals surface area contributed by atoms with Crippen LogP contribution in [0.3, 0.4) is 0 Å². The van der Waals surface area contributed by atoms with Crippen molar-refractivity contribution in [3.63, 3.8) is 0 Å². The van der Waals surface area contributed by atoms with E-state index in [1.165, 1.54) is 24.3 Å². The number of benzene rings is 2. The molecule has 4 nitrogen and oxygen atoms in total. The normalized spacial score (nSPS) is 11.0. The number of hydrogen-bond donors (Lipinski definition) is 2. The lowest BCUT2D eigenvalue weighted by Gasteiger charge is -2.04. The Morgan fingerprint density at radius 1 is 0.957 bits per heavy atom. The number of para-hydroxylation sites is 1. The first kappa shape index (κ1) is 16.4. The van der Waals surface area contributed by atoms with Gasteiger partial charge in [-0.15, -0.1) is 0 Å². The summed E-state index contributed by atoms with van der Waals surface area (Å²) in [7, 11) is 0. The second-order valence-corrected chi connectivity index (χ2v) is 4.20. The number of rotatable bonds is 3. The molecule has 2 rings (SSSR count). The third-order valence-electron chi connectivity index (χ3n) is 2.75. The lowest BCUT2D eigenvalue weighted by atomic mass is 10.2. The second-order valence-electron chi connectivity index (χ2n) is 4.20. The fourth-order valence-corrected chi connectivity index (χ4v) is 1.62. The molecule has 2 N–H and O–H groups in total. The van der Waals surface area contributed by atoms with Gasteiger partial charge in [-0.2, -0.15) is 5.10 Å². The van der Waals surface area contributed by atoms with E-state index >= 15 is 0 Å². The Balaban J connectivity index is 2.25. The van der Waals surface area contributed by atoms with Crippen LogP contribution in [0.1, 0.15) is 15.9 Å². The Hall–Kier alpha value is -2.97. The SMILES string of the molecule is O=C(N/N=C\c1c(F)c(F)c(F)c(F)c1F)c1ccccc1O. The molecule has 0 aliphatic rings. The number of hydrogen-bond acceptors (Lipinski definition) is 3. The zero-order valence-corrected chi connectivity index (χ0v) is 11.1. The van der Waals surface area contributed by atoms with Gasteiger partial charge >= 0.3 is 0 Å². The van der Waals surface area contributed by atoms with Crippen molar-refractivity contribution in [3.8, 4) is 5.75 Å². The molecule has 0 saturated carbocycles. The molecule has 0 aromatic heterocycles. The van der Waals surface area contributed by atoms with E-state index in [0.717, 1.165) is 0 Å². The summed E-state index contributed by atoms with van der Waals surface area (Å²) in [5.74, 6) is -12.0. The van der Waals surface area contributed by atoms with Crippen LogP contribution < -0.4 is 5.43 Å². The van der Waals surface area contributed by atoms with Crippen LogP contribution in [0.25, 0.3) is 0 Å². The maximum atomic E-state index is 13.3. The lowest BCUT2D eigenvalue weighted by molar-refractivity contribution is 0.0952. The van der Waals surface area contributed by atoms with Crippen molar-refractivity contribution >= 4 is 12.1 Å². The van der Waals surface area contributed by atoms with Crippen molar-refractivity contribution in [2.45, 2.75) is 0 Å². The molecule has 0 bridgehead atoms. The summed E-state index contributed by atoms with van der Waals surface area (Å²) in [6.07, 6.45) is 0.272. The molecule has 0 aliphatic heterocycles.